The summed E-state index contributed by atoms with van der Waals surface area (Å²) < 4.78 is 10.7. The summed E-state index contributed by atoms with van der Waals surface area (Å²) in [5, 5.41) is 10.2. The summed E-state index contributed by atoms with van der Waals surface area (Å²) in [5.74, 6) is 2.43. The molecule has 8 heteroatoms. The molecular weight excluding hydrogens is 342 g/mol. The molecule has 0 aliphatic carbocycles. The Kier molecular flexibility index (Phi) is 3.67. The monoisotopic (exact) mass is 353 g/mol. The van der Waals surface area contributed by atoms with E-state index in [1.807, 2.05) is 31.2 Å². The number of rotatable bonds is 3. The van der Waals surface area contributed by atoms with Gasteiger partial charge in [-0.2, -0.15) is 5.10 Å². The Hall–Kier alpha value is -3.24. The van der Waals surface area contributed by atoms with E-state index in [0.717, 1.165) is 11.3 Å². The fraction of sp³-hybridized carbons (Fsp3) is 0.118. The highest BCUT2D eigenvalue weighted by atomic mass is 35.5. The molecule has 0 saturated carbocycles. The topological polar surface area (TPSA) is 76.4 Å². The van der Waals surface area contributed by atoms with E-state index in [0.29, 0.717) is 28.7 Å². The first-order valence-electron chi connectivity index (χ1n) is 7.41. The SMILES string of the molecule is [C-]#[N+]c1c(-c2ccc3c(c2)OCO3)cc(Nc2cc(C)[nH]n2)nc1Cl. The molecule has 0 radical (unpaired) electrons. The Bertz CT molecular complexity index is 1010. The van der Waals surface area contributed by atoms with Crippen LogP contribution in [0, 0.1) is 13.5 Å². The molecule has 2 aromatic heterocycles. The van der Waals surface area contributed by atoms with Crippen molar-refractivity contribution < 1.29 is 9.47 Å². The summed E-state index contributed by atoms with van der Waals surface area (Å²) in [6.07, 6.45) is 0. The molecule has 4 rings (SSSR count). The maximum absolute atomic E-state index is 7.43. The summed E-state index contributed by atoms with van der Waals surface area (Å²) in [5.41, 5.74) is 2.65. The summed E-state index contributed by atoms with van der Waals surface area (Å²) in [6, 6.07) is 9.10. The van der Waals surface area contributed by atoms with Crippen LogP contribution in [0.3, 0.4) is 0 Å². The highest BCUT2D eigenvalue weighted by molar-refractivity contribution is 6.33. The second-order valence-electron chi connectivity index (χ2n) is 5.44. The molecule has 0 unspecified atom stereocenters. The predicted octanol–water partition coefficient (Wildman–Crippen LogP) is 4.46. The van der Waals surface area contributed by atoms with Crippen LogP contribution in [0.2, 0.25) is 5.15 Å². The molecular formula is C17H12ClN5O2. The van der Waals surface area contributed by atoms with Gasteiger partial charge in [0, 0.05) is 11.8 Å². The molecule has 0 bridgehead atoms. The van der Waals surface area contributed by atoms with Crippen LogP contribution in [0.15, 0.2) is 30.3 Å². The predicted molar refractivity (Wildman–Crippen MR) is 93.7 cm³/mol. The molecule has 3 aromatic rings. The summed E-state index contributed by atoms with van der Waals surface area (Å²) in [7, 11) is 0. The van der Waals surface area contributed by atoms with Crippen molar-refractivity contribution in [3.8, 4) is 22.6 Å². The van der Waals surface area contributed by atoms with Crippen LogP contribution in [-0.4, -0.2) is 22.0 Å². The van der Waals surface area contributed by atoms with Crippen LogP contribution in [0.5, 0.6) is 11.5 Å². The lowest BCUT2D eigenvalue weighted by Gasteiger charge is -2.10. The maximum atomic E-state index is 7.43. The molecule has 1 aromatic carbocycles. The first-order chi connectivity index (χ1) is 12.1. The van der Waals surface area contributed by atoms with E-state index in [1.54, 1.807) is 6.07 Å². The van der Waals surface area contributed by atoms with Gasteiger partial charge in [-0.3, -0.25) is 5.10 Å². The smallest absolute Gasteiger partial charge is 0.231 e. The third kappa shape index (κ3) is 2.84. The fourth-order valence-electron chi connectivity index (χ4n) is 2.57. The van der Waals surface area contributed by atoms with E-state index in [2.05, 4.69) is 25.3 Å². The molecule has 0 atom stereocenters. The number of hydrogen-bond acceptors (Lipinski definition) is 5. The van der Waals surface area contributed by atoms with E-state index in [-0.39, 0.29) is 17.6 Å². The Morgan fingerprint density at radius 2 is 2.04 bits per heavy atom. The lowest BCUT2D eigenvalue weighted by atomic mass is 10.0. The van der Waals surface area contributed by atoms with Crippen LogP contribution in [0.25, 0.3) is 16.0 Å². The molecule has 0 saturated heterocycles. The van der Waals surface area contributed by atoms with E-state index >= 15 is 0 Å². The van der Waals surface area contributed by atoms with Crippen molar-refractivity contribution >= 4 is 28.9 Å². The van der Waals surface area contributed by atoms with Gasteiger partial charge in [0.25, 0.3) is 0 Å². The van der Waals surface area contributed by atoms with E-state index in [9.17, 15) is 0 Å². The summed E-state index contributed by atoms with van der Waals surface area (Å²) in [4.78, 5) is 7.76. The maximum Gasteiger partial charge on any atom is 0.231 e. The third-order valence-electron chi connectivity index (χ3n) is 3.71. The molecule has 25 heavy (non-hydrogen) atoms. The minimum atomic E-state index is 0.125. The Morgan fingerprint density at radius 1 is 1.20 bits per heavy atom. The molecule has 1 aliphatic rings. The van der Waals surface area contributed by atoms with Gasteiger partial charge in [-0.1, -0.05) is 17.7 Å². The van der Waals surface area contributed by atoms with Crippen molar-refractivity contribution in [3.63, 3.8) is 0 Å². The van der Waals surface area contributed by atoms with Gasteiger partial charge in [-0.25, -0.2) is 9.83 Å². The lowest BCUT2D eigenvalue weighted by Crippen LogP contribution is -1.95. The second kappa shape index (κ2) is 6.00. The molecule has 3 heterocycles. The second-order valence-corrected chi connectivity index (χ2v) is 5.79. The van der Waals surface area contributed by atoms with Crippen molar-refractivity contribution in [2.45, 2.75) is 6.92 Å². The zero-order valence-electron chi connectivity index (χ0n) is 13.1. The number of hydrogen-bond donors (Lipinski definition) is 2. The Morgan fingerprint density at radius 3 is 2.80 bits per heavy atom. The third-order valence-corrected chi connectivity index (χ3v) is 3.97. The van der Waals surface area contributed by atoms with Crippen LogP contribution < -0.4 is 14.8 Å². The number of aromatic nitrogens is 3. The van der Waals surface area contributed by atoms with E-state index in [4.69, 9.17) is 27.6 Å². The average Bonchev–Trinajstić information content (AvgIpc) is 3.22. The fourth-order valence-corrected chi connectivity index (χ4v) is 2.81. The van der Waals surface area contributed by atoms with Gasteiger partial charge >= 0.3 is 0 Å². The van der Waals surface area contributed by atoms with Crippen molar-refractivity contribution in [2.24, 2.45) is 0 Å². The normalized spacial score (nSPS) is 12.0. The minimum absolute atomic E-state index is 0.125. The standard InChI is InChI=1S/C17H12ClN5O2/c1-9-5-15(23-22-9)20-14-7-11(16(19-2)17(18)21-14)10-3-4-12-13(6-10)25-8-24-12/h3-7H,8H2,1H3,(H2,20,21,22,23). The summed E-state index contributed by atoms with van der Waals surface area (Å²) in [6.45, 7) is 9.52. The molecule has 0 fully saturated rings. The van der Waals surface area contributed by atoms with Gasteiger partial charge in [-0.15, -0.1) is 0 Å². The number of pyridine rings is 1. The Labute approximate surface area is 148 Å². The first kappa shape index (κ1) is 15.3. The number of fused-ring (bicyclic) bond motifs is 1. The number of aryl methyl sites for hydroxylation is 1. The van der Waals surface area contributed by atoms with Gasteiger partial charge in [0.05, 0.1) is 6.57 Å². The largest absolute Gasteiger partial charge is 0.454 e. The molecule has 1 aliphatic heterocycles. The Balaban J connectivity index is 1.79. The minimum Gasteiger partial charge on any atom is -0.454 e. The quantitative estimate of drug-likeness (QED) is 0.537. The molecule has 124 valence electrons. The highest BCUT2D eigenvalue weighted by Crippen LogP contribution is 2.42. The zero-order valence-corrected chi connectivity index (χ0v) is 13.9. The van der Waals surface area contributed by atoms with Crippen LogP contribution in [0.4, 0.5) is 17.3 Å². The van der Waals surface area contributed by atoms with E-state index in [1.165, 1.54) is 0 Å². The molecule has 0 amide bonds. The van der Waals surface area contributed by atoms with Crippen molar-refractivity contribution in [2.75, 3.05) is 12.1 Å². The zero-order chi connectivity index (χ0) is 17.4. The van der Waals surface area contributed by atoms with Gasteiger partial charge < -0.3 is 14.8 Å². The lowest BCUT2D eigenvalue weighted by molar-refractivity contribution is 0.174. The number of anilines is 2. The first-order valence-corrected chi connectivity index (χ1v) is 7.79. The van der Waals surface area contributed by atoms with E-state index < -0.39 is 0 Å². The number of ether oxygens (including phenoxy) is 2. The number of benzene rings is 1. The van der Waals surface area contributed by atoms with Gasteiger partial charge in [0.15, 0.2) is 17.3 Å². The van der Waals surface area contributed by atoms with Gasteiger partial charge in [-0.05, 0) is 36.2 Å². The number of halogens is 1. The molecule has 7 nitrogen and oxygen atoms in total. The van der Waals surface area contributed by atoms with Gasteiger partial charge in [0.2, 0.25) is 12.5 Å². The van der Waals surface area contributed by atoms with Crippen molar-refractivity contribution in [3.05, 3.63) is 52.6 Å². The van der Waals surface area contributed by atoms with Crippen molar-refractivity contribution in [1.82, 2.24) is 15.2 Å². The molecule has 2 N–H and O–H groups in total. The van der Waals surface area contributed by atoms with Gasteiger partial charge in [0.1, 0.15) is 11.0 Å². The number of H-pyrrole nitrogens is 1. The highest BCUT2D eigenvalue weighted by Gasteiger charge is 2.18. The number of aromatic amines is 1. The van der Waals surface area contributed by atoms with Crippen molar-refractivity contribution in [1.29, 1.82) is 0 Å². The average molecular weight is 354 g/mol. The number of nitrogens with zero attached hydrogens (tertiary/aromatic N) is 3. The van der Waals surface area contributed by atoms with Crippen LogP contribution in [-0.2, 0) is 0 Å². The summed E-state index contributed by atoms with van der Waals surface area (Å²) >= 11 is 6.22. The van der Waals surface area contributed by atoms with Crippen LogP contribution >= 0.6 is 11.6 Å². The van der Waals surface area contributed by atoms with Crippen LogP contribution in [0.1, 0.15) is 5.69 Å². The number of nitrogens with one attached hydrogen (secondary N) is 2. The molecule has 0 spiro atoms.